The smallest absolute Gasteiger partial charge is 0.406 e. The zero-order valence-electron chi connectivity index (χ0n) is 14.0. The monoisotopic (exact) mass is 389 g/mol. The van der Waals surface area contributed by atoms with E-state index in [-0.39, 0.29) is 17.3 Å². The summed E-state index contributed by atoms with van der Waals surface area (Å²) in [5.74, 6) is -0.309. The van der Waals surface area contributed by atoms with Crippen LogP contribution in [0.3, 0.4) is 0 Å². The summed E-state index contributed by atoms with van der Waals surface area (Å²) >= 11 is 0. The Morgan fingerprint density at radius 1 is 1.31 bits per heavy atom. The van der Waals surface area contributed by atoms with Crippen molar-refractivity contribution in [3.63, 3.8) is 0 Å². The summed E-state index contributed by atoms with van der Waals surface area (Å²) in [5.41, 5.74) is 0.0783. The quantitative estimate of drug-likeness (QED) is 0.825. The summed E-state index contributed by atoms with van der Waals surface area (Å²) in [6, 6.07) is 7.11. The predicted molar refractivity (Wildman–Crippen MR) is 87.1 cm³/mol. The fourth-order valence-corrected chi connectivity index (χ4v) is 4.38. The molecule has 10 heteroatoms. The van der Waals surface area contributed by atoms with E-state index in [1.54, 1.807) is 6.07 Å². The lowest BCUT2D eigenvalue weighted by molar-refractivity contribution is -0.274. The highest BCUT2D eigenvalue weighted by molar-refractivity contribution is 7.89. The molecule has 1 aromatic carbocycles. The maximum absolute atomic E-state index is 12.4. The molecule has 142 valence electrons. The zero-order chi connectivity index (χ0) is 19.0. The second-order valence-corrected chi connectivity index (χ2v) is 8.04. The lowest BCUT2D eigenvalue weighted by atomic mass is 9.64. The number of benzene rings is 1. The topological polar surface area (TPSA) is 73.2 Å². The van der Waals surface area contributed by atoms with Crippen LogP contribution < -0.4 is 9.46 Å². The minimum Gasteiger partial charge on any atom is -0.406 e. The second-order valence-electron chi connectivity index (χ2n) is 6.33. The summed E-state index contributed by atoms with van der Waals surface area (Å²) < 4.78 is 70.0. The lowest BCUT2D eigenvalue weighted by Crippen LogP contribution is -2.45. The van der Waals surface area contributed by atoms with Gasteiger partial charge in [-0.25, -0.2) is 13.1 Å². The zero-order valence-corrected chi connectivity index (χ0v) is 14.8. The SMILES string of the molecule is Cn1nccc1S(=O)(=O)NCC1(c2cccc(OC(F)(F)F)c2)CCC1. The third kappa shape index (κ3) is 3.85. The molecule has 6 nitrogen and oxygen atoms in total. The molecule has 0 aliphatic heterocycles. The number of nitrogens with one attached hydrogen (secondary N) is 1. The van der Waals surface area contributed by atoms with Crippen LogP contribution in [-0.4, -0.2) is 31.1 Å². The Kier molecular flexibility index (Phi) is 4.74. The summed E-state index contributed by atoms with van der Waals surface area (Å²) in [7, 11) is -2.25. The molecule has 1 aliphatic carbocycles. The standard InChI is InChI=1S/C16H18F3N3O3S/c1-22-14(6-9-20-22)26(23,24)21-11-15(7-3-8-15)12-4-2-5-13(10-12)25-16(17,18)19/h2,4-6,9-10,21H,3,7-8,11H2,1H3. The van der Waals surface area contributed by atoms with E-state index in [0.29, 0.717) is 18.4 Å². The predicted octanol–water partition coefficient (Wildman–Crippen LogP) is 2.72. The number of alkyl halides is 3. The van der Waals surface area contributed by atoms with Gasteiger partial charge in [-0.2, -0.15) is 5.10 Å². The molecular weight excluding hydrogens is 371 g/mol. The van der Waals surface area contributed by atoms with Crippen LogP contribution in [0.1, 0.15) is 24.8 Å². The van der Waals surface area contributed by atoms with E-state index in [4.69, 9.17) is 0 Å². The Balaban J connectivity index is 1.80. The van der Waals surface area contributed by atoms with Crippen molar-refractivity contribution in [2.75, 3.05) is 6.54 Å². The average Bonchev–Trinajstić information content (AvgIpc) is 2.92. The molecule has 0 saturated heterocycles. The van der Waals surface area contributed by atoms with Gasteiger partial charge in [-0.05, 0) is 36.6 Å². The molecule has 1 saturated carbocycles. The Bertz CT molecular complexity index is 889. The van der Waals surface area contributed by atoms with Gasteiger partial charge in [0.1, 0.15) is 5.75 Å². The number of halogens is 3. The van der Waals surface area contributed by atoms with Crippen LogP contribution >= 0.6 is 0 Å². The Labute approximate surface area is 149 Å². The van der Waals surface area contributed by atoms with Crippen molar-refractivity contribution in [1.82, 2.24) is 14.5 Å². The minimum absolute atomic E-state index is 0.0288. The molecule has 0 bridgehead atoms. The van der Waals surface area contributed by atoms with Crippen LogP contribution in [0, 0.1) is 0 Å². The van der Waals surface area contributed by atoms with Crippen molar-refractivity contribution in [2.45, 2.75) is 36.1 Å². The fraction of sp³-hybridized carbons (Fsp3) is 0.438. The molecule has 3 rings (SSSR count). The second kappa shape index (κ2) is 6.58. The van der Waals surface area contributed by atoms with Crippen LogP contribution in [-0.2, 0) is 22.5 Å². The van der Waals surface area contributed by atoms with Crippen molar-refractivity contribution in [3.05, 3.63) is 42.1 Å². The molecule has 1 heterocycles. The normalized spacial score (nSPS) is 16.9. The maximum atomic E-state index is 12.4. The first-order valence-corrected chi connectivity index (χ1v) is 9.44. The van der Waals surface area contributed by atoms with Crippen molar-refractivity contribution < 1.29 is 26.3 Å². The van der Waals surface area contributed by atoms with Gasteiger partial charge >= 0.3 is 6.36 Å². The van der Waals surface area contributed by atoms with Crippen molar-refractivity contribution in [2.24, 2.45) is 7.05 Å². The van der Waals surface area contributed by atoms with Gasteiger partial charge in [0.2, 0.25) is 0 Å². The third-order valence-corrected chi connectivity index (χ3v) is 6.12. The van der Waals surface area contributed by atoms with Gasteiger partial charge in [0, 0.05) is 19.0 Å². The molecule has 0 atom stereocenters. The molecule has 0 spiro atoms. The first kappa shape index (κ1) is 18.7. The first-order chi connectivity index (χ1) is 12.1. The maximum Gasteiger partial charge on any atom is 0.573 e. The van der Waals surface area contributed by atoms with E-state index in [1.165, 1.54) is 42.2 Å². The molecule has 1 aromatic heterocycles. The molecule has 1 aliphatic rings. The first-order valence-electron chi connectivity index (χ1n) is 7.95. The number of aromatic nitrogens is 2. The van der Waals surface area contributed by atoms with Crippen LogP contribution in [0.4, 0.5) is 13.2 Å². The van der Waals surface area contributed by atoms with Gasteiger partial charge < -0.3 is 4.74 Å². The summed E-state index contributed by atoms with van der Waals surface area (Å²) in [4.78, 5) is 0. The minimum atomic E-state index is -4.77. The summed E-state index contributed by atoms with van der Waals surface area (Å²) in [6.07, 6.45) is -1.16. The summed E-state index contributed by atoms with van der Waals surface area (Å²) in [6.45, 7) is 0.0932. The number of hydrogen-bond acceptors (Lipinski definition) is 4. The van der Waals surface area contributed by atoms with Crippen molar-refractivity contribution in [1.29, 1.82) is 0 Å². The highest BCUT2D eigenvalue weighted by atomic mass is 32.2. The number of ether oxygens (including phenoxy) is 1. The van der Waals surface area contributed by atoms with E-state index in [0.717, 1.165) is 6.42 Å². The number of aryl methyl sites for hydroxylation is 1. The number of hydrogen-bond donors (Lipinski definition) is 1. The molecular formula is C16H18F3N3O3S. The van der Waals surface area contributed by atoms with Gasteiger partial charge in [-0.15, -0.1) is 13.2 Å². The summed E-state index contributed by atoms with van der Waals surface area (Å²) in [5, 5.41) is 3.87. The third-order valence-electron chi connectivity index (χ3n) is 4.64. The Hall–Kier alpha value is -2.07. The molecule has 0 amide bonds. The Morgan fingerprint density at radius 2 is 2.04 bits per heavy atom. The van der Waals surface area contributed by atoms with E-state index in [2.05, 4.69) is 14.6 Å². The highest BCUT2D eigenvalue weighted by Gasteiger charge is 2.40. The average molecular weight is 389 g/mol. The largest absolute Gasteiger partial charge is 0.573 e. The number of rotatable bonds is 6. The van der Waals surface area contributed by atoms with Gasteiger partial charge in [0.25, 0.3) is 10.0 Å². The van der Waals surface area contributed by atoms with Gasteiger partial charge in [0.15, 0.2) is 5.03 Å². The Morgan fingerprint density at radius 3 is 2.58 bits per heavy atom. The molecule has 1 fully saturated rings. The van der Waals surface area contributed by atoms with E-state index >= 15 is 0 Å². The number of sulfonamides is 1. The van der Waals surface area contributed by atoms with Crippen LogP contribution in [0.15, 0.2) is 41.6 Å². The van der Waals surface area contributed by atoms with Gasteiger partial charge in [-0.1, -0.05) is 18.6 Å². The molecule has 26 heavy (non-hydrogen) atoms. The number of nitrogens with zero attached hydrogens (tertiary/aromatic N) is 2. The van der Waals surface area contributed by atoms with Crippen LogP contribution in [0.2, 0.25) is 0 Å². The van der Waals surface area contributed by atoms with Crippen molar-refractivity contribution >= 4 is 10.0 Å². The molecule has 2 aromatic rings. The molecule has 0 unspecified atom stereocenters. The van der Waals surface area contributed by atoms with Crippen molar-refractivity contribution in [3.8, 4) is 5.75 Å². The highest BCUT2D eigenvalue weighted by Crippen LogP contribution is 2.44. The van der Waals surface area contributed by atoms with E-state index < -0.39 is 21.8 Å². The van der Waals surface area contributed by atoms with E-state index in [1.807, 2.05) is 0 Å². The lowest BCUT2D eigenvalue weighted by Gasteiger charge is -2.42. The van der Waals surface area contributed by atoms with E-state index in [9.17, 15) is 21.6 Å². The molecule has 0 radical (unpaired) electrons. The van der Waals surface area contributed by atoms with Crippen LogP contribution in [0.25, 0.3) is 0 Å². The fourth-order valence-electron chi connectivity index (χ4n) is 3.13. The van der Waals surface area contributed by atoms with Crippen LogP contribution in [0.5, 0.6) is 5.75 Å². The van der Waals surface area contributed by atoms with Gasteiger partial charge in [0.05, 0.1) is 6.20 Å². The van der Waals surface area contributed by atoms with Gasteiger partial charge in [-0.3, -0.25) is 4.68 Å². The molecule has 1 N–H and O–H groups in total.